The van der Waals surface area contributed by atoms with Crippen LogP contribution in [0.5, 0.6) is 0 Å². The van der Waals surface area contributed by atoms with Crippen LogP contribution in [-0.2, 0) is 6.54 Å². The summed E-state index contributed by atoms with van der Waals surface area (Å²) >= 11 is 0. The molecule has 3 rings (SSSR count). The van der Waals surface area contributed by atoms with E-state index in [1.165, 1.54) is 37.1 Å². The lowest BCUT2D eigenvalue weighted by Gasteiger charge is -2.18. The van der Waals surface area contributed by atoms with E-state index in [0.717, 1.165) is 18.4 Å². The van der Waals surface area contributed by atoms with Crippen molar-refractivity contribution in [2.24, 2.45) is 17.6 Å². The fraction of sp³-hybridized carbons (Fsp3) is 0.600. The van der Waals surface area contributed by atoms with E-state index in [1.54, 1.807) is 0 Å². The van der Waals surface area contributed by atoms with Crippen molar-refractivity contribution in [3.8, 4) is 0 Å². The zero-order chi connectivity index (χ0) is 11.8. The summed E-state index contributed by atoms with van der Waals surface area (Å²) in [4.78, 5) is 2.59. The Morgan fingerprint density at radius 2 is 2.11 bits per heavy atom. The van der Waals surface area contributed by atoms with Gasteiger partial charge in [-0.15, -0.1) is 12.4 Å². The number of halogens is 1. The van der Waals surface area contributed by atoms with Crippen molar-refractivity contribution in [3.63, 3.8) is 0 Å². The number of hydrogen-bond donors (Lipinski definition) is 1. The molecule has 3 heteroatoms. The van der Waals surface area contributed by atoms with Gasteiger partial charge in [-0.1, -0.05) is 29.8 Å². The first-order valence-electron chi connectivity index (χ1n) is 6.76. The molecule has 1 saturated carbocycles. The topological polar surface area (TPSA) is 29.3 Å². The highest BCUT2D eigenvalue weighted by molar-refractivity contribution is 5.85. The molecule has 1 heterocycles. The summed E-state index contributed by atoms with van der Waals surface area (Å²) < 4.78 is 0. The summed E-state index contributed by atoms with van der Waals surface area (Å²) in [6, 6.07) is 9.32. The number of aryl methyl sites for hydroxylation is 1. The third-order valence-corrected chi connectivity index (χ3v) is 4.48. The van der Waals surface area contributed by atoms with Gasteiger partial charge in [0.15, 0.2) is 0 Å². The van der Waals surface area contributed by atoms with Crippen molar-refractivity contribution < 1.29 is 0 Å². The molecule has 0 aromatic heterocycles. The molecule has 1 saturated heterocycles. The molecule has 0 amide bonds. The van der Waals surface area contributed by atoms with Crippen molar-refractivity contribution in [2.45, 2.75) is 32.4 Å². The molecular formula is C15H23ClN2. The largest absolute Gasteiger partial charge is 0.327 e. The minimum absolute atomic E-state index is 0. The highest BCUT2D eigenvalue weighted by Crippen LogP contribution is 2.37. The molecule has 1 aromatic carbocycles. The highest BCUT2D eigenvalue weighted by Gasteiger charge is 2.40. The molecule has 1 aliphatic heterocycles. The first kappa shape index (κ1) is 13.9. The lowest BCUT2D eigenvalue weighted by molar-refractivity contribution is 0.298. The standard InChI is InChI=1S/C15H22N2.ClH/c1-11-3-2-4-12(7-11)8-17-9-13-5-6-15(16)14(13)10-17;/h2-4,7,13-15H,5-6,8-10,16H2,1H3;1H. The van der Waals surface area contributed by atoms with Gasteiger partial charge in [0.1, 0.15) is 0 Å². The van der Waals surface area contributed by atoms with E-state index in [1.807, 2.05) is 0 Å². The van der Waals surface area contributed by atoms with Crippen LogP contribution in [0.25, 0.3) is 0 Å². The highest BCUT2D eigenvalue weighted by atomic mass is 35.5. The number of benzene rings is 1. The monoisotopic (exact) mass is 266 g/mol. The van der Waals surface area contributed by atoms with E-state index in [9.17, 15) is 0 Å². The van der Waals surface area contributed by atoms with Crippen LogP contribution in [-0.4, -0.2) is 24.0 Å². The van der Waals surface area contributed by atoms with Gasteiger partial charge in [0.05, 0.1) is 0 Å². The van der Waals surface area contributed by atoms with Crippen LogP contribution in [0.1, 0.15) is 24.0 Å². The first-order valence-corrected chi connectivity index (χ1v) is 6.76. The van der Waals surface area contributed by atoms with E-state index in [0.29, 0.717) is 6.04 Å². The molecule has 100 valence electrons. The molecule has 1 aliphatic carbocycles. The molecule has 2 nitrogen and oxygen atoms in total. The Morgan fingerprint density at radius 3 is 2.83 bits per heavy atom. The zero-order valence-corrected chi connectivity index (χ0v) is 11.8. The lowest BCUT2D eigenvalue weighted by atomic mass is 9.98. The van der Waals surface area contributed by atoms with Gasteiger partial charge in [0.2, 0.25) is 0 Å². The van der Waals surface area contributed by atoms with Crippen molar-refractivity contribution in [2.75, 3.05) is 13.1 Å². The van der Waals surface area contributed by atoms with Gasteiger partial charge in [-0.3, -0.25) is 4.90 Å². The minimum Gasteiger partial charge on any atom is -0.327 e. The van der Waals surface area contributed by atoms with Crippen LogP contribution in [0.4, 0.5) is 0 Å². The maximum atomic E-state index is 6.17. The number of rotatable bonds is 2. The molecule has 2 N–H and O–H groups in total. The Balaban J connectivity index is 0.00000120. The average Bonchev–Trinajstić information content (AvgIpc) is 2.82. The van der Waals surface area contributed by atoms with E-state index in [2.05, 4.69) is 36.1 Å². The van der Waals surface area contributed by atoms with Crippen LogP contribution in [0.2, 0.25) is 0 Å². The molecule has 3 atom stereocenters. The number of nitrogens with two attached hydrogens (primary N) is 1. The molecule has 2 fully saturated rings. The van der Waals surface area contributed by atoms with E-state index >= 15 is 0 Å². The number of hydrogen-bond acceptors (Lipinski definition) is 2. The van der Waals surface area contributed by atoms with Crippen LogP contribution in [0.15, 0.2) is 24.3 Å². The van der Waals surface area contributed by atoms with Gasteiger partial charge in [-0.05, 0) is 37.2 Å². The molecule has 2 aliphatic rings. The number of fused-ring (bicyclic) bond motifs is 1. The van der Waals surface area contributed by atoms with E-state index in [4.69, 9.17) is 5.73 Å². The predicted molar refractivity (Wildman–Crippen MR) is 77.9 cm³/mol. The Bertz CT molecular complexity index is 407. The second-order valence-corrected chi connectivity index (χ2v) is 5.85. The van der Waals surface area contributed by atoms with Gasteiger partial charge in [0.25, 0.3) is 0 Å². The summed E-state index contributed by atoms with van der Waals surface area (Å²) in [5.74, 6) is 1.63. The second kappa shape index (κ2) is 5.60. The fourth-order valence-corrected chi connectivity index (χ4v) is 3.60. The summed E-state index contributed by atoms with van der Waals surface area (Å²) in [6.45, 7) is 5.73. The van der Waals surface area contributed by atoms with Crippen molar-refractivity contribution in [1.29, 1.82) is 0 Å². The van der Waals surface area contributed by atoms with Gasteiger partial charge < -0.3 is 5.73 Å². The number of likely N-dealkylation sites (tertiary alicyclic amines) is 1. The molecule has 0 spiro atoms. The van der Waals surface area contributed by atoms with Crippen molar-refractivity contribution in [1.82, 2.24) is 4.90 Å². The van der Waals surface area contributed by atoms with Gasteiger partial charge in [-0.25, -0.2) is 0 Å². The van der Waals surface area contributed by atoms with Crippen LogP contribution in [0.3, 0.4) is 0 Å². The normalized spacial score (nSPS) is 31.1. The third kappa shape index (κ3) is 2.71. The van der Waals surface area contributed by atoms with Crippen LogP contribution < -0.4 is 5.73 Å². The SMILES string of the molecule is Cc1cccc(CN2CC3CCC(N)C3C2)c1.Cl. The van der Waals surface area contributed by atoms with Crippen LogP contribution in [0, 0.1) is 18.8 Å². The quantitative estimate of drug-likeness (QED) is 0.892. The smallest absolute Gasteiger partial charge is 0.0234 e. The fourth-order valence-electron chi connectivity index (χ4n) is 3.60. The first-order chi connectivity index (χ1) is 8.22. The summed E-state index contributed by atoms with van der Waals surface area (Å²) in [7, 11) is 0. The Hall–Kier alpha value is -0.570. The Labute approximate surface area is 116 Å². The maximum absolute atomic E-state index is 6.17. The zero-order valence-electron chi connectivity index (χ0n) is 11.0. The summed E-state index contributed by atoms with van der Waals surface area (Å²) in [5.41, 5.74) is 8.98. The second-order valence-electron chi connectivity index (χ2n) is 5.85. The molecule has 0 radical (unpaired) electrons. The van der Waals surface area contributed by atoms with Gasteiger partial charge >= 0.3 is 0 Å². The Kier molecular flexibility index (Phi) is 4.31. The maximum Gasteiger partial charge on any atom is 0.0234 e. The van der Waals surface area contributed by atoms with Gasteiger partial charge in [-0.2, -0.15) is 0 Å². The molecular weight excluding hydrogens is 244 g/mol. The van der Waals surface area contributed by atoms with Gasteiger partial charge in [0, 0.05) is 25.7 Å². The lowest BCUT2D eigenvalue weighted by Crippen LogP contribution is -2.30. The third-order valence-electron chi connectivity index (χ3n) is 4.48. The molecule has 18 heavy (non-hydrogen) atoms. The average molecular weight is 267 g/mol. The summed E-state index contributed by atoms with van der Waals surface area (Å²) in [6.07, 6.45) is 2.59. The van der Waals surface area contributed by atoms with Crippen molar-refractivity contribution >= 4 is 12.4 Å². The Morgan fingerprint density at radius 1 is 1.28 bits per heavy atom. The molecule has 1 aromatic rings. The minimum atomic E-state index is 0. The number of nitrogens with zero attached hydrogens (tertiary/aromatic N) is 1. The predicted octanol–water partition coefficient (Wildman–Crippen LogP) is 2.59. The molecule has 0 bridgehead atoms. The molecule has 3 unspecified atom stereocenters. The summed E-state index contributed by atoms with van der Waals surface area (Å²) in [5, 5.41) is 0. The van der Waals surface area contributed by atoms with E-state index < -0.39 is 0 Å². The van der Waals surface area contributed by atoms with E-state index in [-0.39, 0.29) is 12.4 Å². The van der Waals surface area contributed by atoms with Crippen molar-refractivity contribution in [3.05, 3.63) is 35.4 Å². The van der Waals surface area contributed by atoms with Crippen LogP contribution >= 0.6 is 12.4 Å².